The van der Waals surface area contributed by atoms with E-state index in [-0.39, 0.29) is 11.9 Å². The van der Waals surface area contributed by atoms with Crippen molar-refractivity contribution in [2.45, 2.75) is 30.9 Å². The van der Waals surface area contributed by atoms with Gasteiger partial charge in [0.05, 0.1) is 6.20 Å². The Kier molecular flexibility index (Phi) is 2.23. The summed E-state index contributed by atoms with van der Waals surface area (Å²) in [6, 6.07) is 1.56. The molecule has 1 N–H and O–H groups in total. The van der Waals surface area contributed by atoms with Gasteiger partial charge in [0.2, 0.25) is 0 Å². The van der Waals surface area contributed by atoms with Crippen LogP contribution in [-0.2, 0) is 5.60 Å². The summed E-state index contributed by atoms with van der Waals surface area (Å²) in [6.45, 7) is 1.95. The number of nitrogens with zero attached hydrogens (tertiary/aromatic N) is 2. The Labute approximate surface area is 93.9 Å². The first-order valence-electron chi connectivity index (χ1n) is 5.77. The fourth-order valence-electron chi connectivity index (χ4n) is 3.10. The van der Waals surface area contributed by atoms with Crippen molar-refractivity contribution in [1.29, 1.82) is 0 Å². The molecule has 2 saturated heterocycles. The molecule has 1 aromatic heterocycles. The highest BCUT2D eigenvalue weighted by Crippen LogP contribution is 2.42. The van der Waals surface area contributed by atoms with Crippen LogP contribution in [-0.4, -0.2) is 34.1 Å². The fraction of sp³-hybridized carbons (Fsp3) is 0.583. The smallest absolute Gasteiger partial charge is 0.141 e. The summed E-state index contributed by atoms with van der Waals surface area (Å²) in [6.07, 6.45) is 5.56. The molecule has 3 rings (SSSR count). The minimum Gasteiger partial charge on any atom is -0.383 e. The molecule has 3 heterocycles. The van der Waals surface area contributed by atoms with E-state index in [1.54, 1.807) is 6.20 Å². The SMILES string of the molecule is OC1(c2cncc(F)c2)CCN2CCCC21. The first-order valence-corrected chi connectivity index (χ1v) is 5.77. The monoisotopic (exact) mass is 222 g/mol. The Morgan fingerprint density at radius 2 is 2.31 bits per heavy atom. The van der Waals surface area contributed by atoms with Gasteiger partial charge in [-0.1, -0.05) is 0 Å². The maximum atomic E-state index is 13.1. The highest BCUT2D eigenvalue weighted by molar-refractivity contribution is 5.24. The zero-order chi connectivity index (χ0) is 11.2. The Morgan fingerprint density at radius 1 is 1.44 bits per heavy atom. The van der Waals surface area contributed by atoms with Gasteiger partial charge in [0.15, 0.2) is 0 Å². The molecule has 3 nitrogen and oxygen atoms in total. The minimum absolute atomic E-state index is 0.149. The van der Waals surface area contributed by atoms with Gasteiger partial charge in [0.1, 0.15) is 11.4 Å². The van der Waals surface area contributed by atoms with Gasteiger partial charge in [-0.3, -0.25) is 9.88 Å². The van der Waals surface area contributed by atoms with Gasteiger partial charge in [0, 0.05) is 24.3 Å². The molecule has 2 aliphatic heterocycles. The standard InChI is InChI=1S/C12H15FN2O/c13-10-6-9(7-14-8-10)12(16)3-5-15-4-1-2-11(12)15/h6-8,11,16H,1-5H2. The van der Waals surface area contributed by atoms with Crippen molar-refractivity contribution in [3.63, 3.8) is 0 Å². The van der Waals surface area contributed by atoms with Gasteiger partial charge in [0.25, 0.3) is 0 Å². The van der Waals surface area contributed by atoms with Crippen molar-refractivity contribution in [3.05, 3.63) is 29.8 Å². The summed E-state index contributed by atoms with van der Waals surface area (Å²) < 4.78 is 13.1. The van der Waals surface area contributed by atoms with Crippen LogP contribution in [0.1, 0.15) is 24.8 Å². The largest absolute Gasteiger partial charge is 0.383 e. The van der Waals surface area contributed by atoms with Gasteiger partial charge in [-0.05, 0) is 31.9 Å². The van der Waals surface area contributed by atoms with E-state index in [2.05, 4.69) is 9.88 Å². The molecule has 0 amide bonds. The summed E-state index contributed by atoms with van der Waals surface area (Å²) in [5.74, 6) is -0.373. The van der Waals surface area contributed by atoms with Gasteiger partial charge in [-0.2, -0.15) is 0 Å². The number of pyridine rings is 1. The third-order valence-electron chi connectivity index (χ3n) is 3.90. The Balaban J connectivity index is 1.99. The minimum atomic E-state index is -0.897. The second-order valence-corrected chi connectivity index (χ2v) is 4.76. The number of fused-ring (bicyclic) bond motifs is 1. The summed E-state index contributed by atoms with van der Waals surface area (Å²) in [7, 11) is 0. The van der Waals surface area contributed by atoms with Crippen molar-refractivity contribution in [2.24, 2.45) is 0 Å². The third kappa shape index (κ3) is 1.37. The molecule has 4 heteroatoms. The number of aliphatic hydroxyl groups is 1. The van der Waals surface area contributed by atoms with Crippen LogP contribution in [0.15, 0.2) is 18.5 Å². The first-order chi connectivity index (χ1) is 7.70. The van der Waals surface area contributed by atoms with E-state index in [1.165, 1.54) is 12.3 Å². The molecule has 0 spiro atoms. The van der Waals surface area contributed by atoms with Crippen LogP contribution in [0.3, 0.4) is 0 Å². The van der Waals surface area contributed by atoms with Crippen molar-refractivity contribution < 1.29 is 9.50 Å². The number of halogens is 1. The highest BCUT2D eigenvalue weighted by atomic mass is 19.1. The predicted octanol–water partition coefficient (Wildman–Crippen LogP) is 1.28. The lowest BCUT2D eigenvalue weighted by atomic mass is 9.86. The quantitative estimate of drug-likeness (QED) is 0.777. The first kappa shape index (κ1) is 10.2. The summed E-state index contributed by atoms with van der Waals surface area (Å²) in [5, 5.41) is 10.7. The molecule has 16 heavy (non-hydrogen) atoms. The zero-order valence-corrected chi connectivity index (χ0v) is 9.06. The normalized spacial score (nSPS) is 34.2. The average molecular weight is 222 g/mol. The van der Waals surface area contributed by atoms with E-state index in [0.717, 1.165) is 25.9 Å². The summed E-state index contributed by atoms with van der Waals surface area (Å²) >= 11 is 0. The molecular weight excluding hydrogens is 207 g/mol. The molecule has 2 atom stereocenters. The van der Waals surface area contributed by atoms with Crippen molar-refractivity contribution in [1.82, 2.24) is 9.88 Å². The Morgan fingerprint density at radius 3 is 3.12 bits per heavy atom. The summed E-state index contributed by atoms with van der Waals surface area (Å²) in [5.41, 5.74) is -0.270. The molecular formula is C12H15FN2O. The zero-order valence-electron chi connectivity index (χ0n) is 9.06. The molecule has 2 unspecified atom stereocenters. The van der Waals surface area contributed by atoms with Crippen molar-refractivity contribution >= 4 is 0 Å². The van der Waals surface area contributed by atoms with Gasteiger partial charge >= 0.3 is 0 Å². The number of rotatable bonds is 1. The molecule has 86 valence electrons. The van der Waals surface area contributed by atoms with Gasteiger partial charge < -0.3 is 5.11 Å². The van der Waals surface area contributed by atoms with Crippen LogP contribution in [0.5, 0.6) is 0 Å². The number of hydrogen-bond donors (Lipinski definition) is 1. The maximum absolute atomic E-state index is 13.1. The van der Waals surface area contributed by atoms with E-state index in [1.807, 2.05) is 0 Å². The predicted molar refractivity (Wildman–Crippen MR) is 57.3 cm³/mol. The molecule has 2 aliphatic rings. The summed E-state index contributed by atoms with van der Waals surface area (Å²) in [4.78, 5) is 6.13. The fourth-order valence-corrected chi connectivity index (χ4v) is 3.10. The van der Waals surface area contributed by atoms with Gasteiger partial charge in [-0.15, -0.1) is 0 Å². The van der Waals surface area contributed by atoms with Crippen LogP contribution >= 0.6 is 0 Å². The molecule has 0 aliphatic carbocycles. The molecule has 0 aromatic carbocycles. The molecule has 0 bridgehead atoms. The maximum Gasteiger partial charge on any atom is 0.141 e. The molecule has 1 aromatic rings. The van der Waals surface area contributed by atoms with Crippen molar-refractivity contribution in [3.8, 4) is 0 Å². The van der Waals surface area contributed by atoms with E-state index >= 15 is 0 Å². The molecule has 0 saturated carbocycles. The number of aromatic nitrogens is 1. The van der Waals surface area contributed by atoms with E-state index in [9.17, 15) is 9.50 Å². The van der Waals surface area contributed by atoms with Crippen LogP contribution in [0, 0.1) is 5.82 Å². The lowest BCUT2D eigenvalue weighted by Crippen LogP contribution is -2.38. The molecule has 2 fully saturated rings. The highest BCUT2D eigenvalue weighted by Gasteiger charge is 2.49. The Bertz CT molecular complexity index is 412. The average Bonchev–Trinajstić information content (AvgIpc) is 2.84. The lowest BCUT2D eigenvalue weighted by Gasteiger charge is -2.30. The van der Waals surface area contributed by atoms with Gasteiger partial charge in [-0.25, -0.2) is 4.39 Å². The van der Waals surface area contributed by atoms with E-state index in [4.69, 9.17) is 0 Å². The molecule has 0 radical (unpaired) electrons. The van der Waals surface area contributed by atoms with Crippen LogP contribution in [0.2, 0.25) is 0 Å². The van der Waals surface area contributed by atoms with E-state index in [0.29, 0.717) is 12.0 Å². The van der Waals surface area contributed by atoms with E-state index < -0.39 is 5.60 Å². The van der Waals surface area contributed by atoms with Crippen LogP contribution in [0.25, 0.3) is 0 Å². The third-order valence-corrected chi connectivity index (χ3v) is 3.90. The Hall–Kier alpha value is -1.00. The van der Waals surface area contributed by atoms with Crippen LogP contribution in [0.4, 0.5) is 4.39 Å². The van der Waals surface area contributed by atoms with Crippen LogP contribution < -0.4 is 0 Å². The number of hydrogen-bond acceptors (Lipinski definition) is 3. The second kappa shape index (κ2) is 3.50. The topological polar surface area (TPSA) is 36.4 Å². The van der Waals surface area contributed by atoms with Crippen molar-refractivity contribution in [2.75, 3.05) is 13.1 Å². The second-order valence-electron chi connectivity index (χ2n) is 4.76. The lowest BCUT2D eigenvalue weighted by molar-refractivity contribution is 0.00879.